The van der Waals surface area contributed by atoms with E-state index in [4.69, 9.17) is 0 Å². The molecular weight excluding hydrogens is 226 g/mol. The maximum absolute atomic E-state index is 9.40. The Kier molecular flexibility index (Phi) is 4.00. The molecular formula is C13H21N5. The Labute approximate surface area is 109 Å². The molecule has 98 valence electrons. The van der Waals surface area contributed by atoms with Crippen LogP contribution >= 0.6 is 0 Å². The summed E-state index contributed by atoms with van der Waals surface area (Å²) in [5.41, 5.74) is 1.01. The smallest absolute Gasteiger partial charge is 0.126 e. The molecule has 1 aliphatic rings. The molecule has 5 nitrogen and oxygen atoms in total. The molecule has 0 bridgehead atoms. The van der Waals surface area contributed by atoms with Crippen molar-refractivity contribution in [3.05, 3.63) is 18.0 Å². The van der Waals surface area contributed by atoms with E-state index in [2.05, 4.69) is 41.9 Å². The van der Waals surface area contributed by atoms with Crippen LogP contribution in [0.2, 0.25) is 0 Å². The summed E-state index contributed by atoms with van der Waals surface area (Å²) in [4.78, 5) is 4.53. The van der Waals surface area contributed by atoms with Gasteiger partial charge in [-0.2, -0.15) is 10.4 Å². The molecule has 1 aliphatic heterocycles. The van der Waals surface area contributed by atoms with Crippen LogP contribution in [0.5, 0.6) is 0 Å². The average molecular weight is 247 g/mol. The van der Waals surface area contributed by atoms with Gasteiger partial charge in [-0.1, -0.05) is 0 Å². The Bertz CT molecular complexity index is 423. The number of piperazine rings is 1. The van der Waals surface area contributed by atoms with E-state index in [0.29, 0.717) is 6.04 Å². The van der Waals surface area contributed by atoms with Gasteiger partial charge < -0.3 is 4.90 Å². The fraction of sp³-hybridized carbons (Fsp3) is 0.692. The van der Waals surface area contributed by atoms with Crippen molar-refractivity contribution in [3.63, 3.8) is 0 Å². The molecule has 1 aromatic rings. The number of hydrogen-bond acceptors (Lipinski definition) is 4. The van der Waals surface area contributed by atoms with E-state index in [1.165, 1.54) is 0 Å². The third-order valence-corrected chi connectivity index (χ3v) is 3.49. The largest absolute Gasteiger partial charge is 0.304 e. The van der Waals surface area contributed by atoms with Gasteiger partial charge in [0.25, 0.3) is 0 Å². The van der Waals surface area contributed by atoms with E-state index in [1.54, 1.807) is 0 Å². The summed E-state index contributed by atoms with van der Waals surface area (Å²) in [6, 6.07) is 2.59. The van der Waals surface area contributed by atoms with Crippen LogP contribution in [-0.2, 0) is 0 Å². The monoisotopic (exact) mass is 247 g/mol. The van der Waals surface area contributed by atoms with Crippen molar-refractivity contribution in [1.82, 2.24) is 19.6 Å². The standard InChI is InChI=1S/C13H21N5/c1-11(2)18-10-12(9-15-18)13(8-14)17-6-4-16(3)5-7-17/h9-11,13H,4-7H2,1-3H3. The maximum Gasteiger partial charge on any atom is 0.126 e. The van der Waals surface area contributed by atoms with Gasteiger partial charge in [-0.3, -0.25) is 9.58 Å². The quantitative estimate of drug-likeness (QED) is 0.807. The highest BCUT2D eigenvalue weighted by atomic mass is 15.3. The number of nitriles is 1. The first-order chi connectivity index (χ1) is 8.61. The van der Waals surface area contributed by atoms with Gasteiger partial charge in [0.2, 0.25) is 0 Å². The van der Waals surface area contributed by atoms with Crippen LogP contribution in [0, 0.1) is 11.3 Å². The molecule has 2 rings (SSSR count). The number of rotatable bonds is 3. The first kappa shape index (κ1) is 13.1. The van der Waals surface area contributed by atoms with E-state index >= 15 is 0 Å². The summed E-state index contributed by atoms with van der Waals surface area (Å²) in [5, 5.41) is 13.7. The molecule has 2 heterocycles. The van der Waals surface area contributed by atoms with Crippen LogP contribution in [0.3, 0.4) is 0 Å². The fourth-order valence-corrected chi connectivity index (χ4v) is 2.22. The zero-order valence-electron chi connectivity index (χ0n) is 11.4. The van der Waals surface area contributed by atoms with Gasteiger partial charge in [0, 0.05) is 44.0 Å². The molecule has 0 aliphatic carbocycles. The van der Waals surface area contributed by atoms with Gasteiger partial charge in [0.05, 0.1) is 12.3 Å². The molecule has 18 heavy (non-hydrogen) atoms. The minimum atomic E-state index is -0.161. The van der Waals surface area contributed by atoms with Gasteiger partial charge in [-0.15, -0.1) is 0 Å². The average Bonchev–Trinajstić information content (AvgIpc) is 2.82. The predicted molar refractivity (Wildman–Crippen MR) is 70.0 cm³/mol. The van der Waals surface area contributed by atoms with Gasteiger partial charge in [0.1, 0.15) is 6.04 Å². The lowest BCUT2D eigenvalue weighted by molar-refractivity contribution is 0.133. The molecule has 0 radical (unpaired) electrons. The van der Waals surface area contributed by atoms with Crippen molar-refractivity contribution < 1.29 is 0 Å². The third-order valence-electron chi connectivity index (χ3n) is 3.49. The van der Waals surface area contributed by atoms with Crippen molar-refractivity contribution in [2.24, 2.45) is 0 Å². The summed E-state index contributed by atoms with van der Waals surface area (Å²) in [5.74, 6) is 0. The molecule has 0 N–H and O–H groups in total. The fourth-order valence-electron chi connectivity index (χ4n) is 2.22. The molecule has 5 heteroatoms. The summed E-state index contributed by atoms with van der Waals surface area (Å²) in [6.07, 6.45) is 3.82. The predicted octanol–water partition coefficient (Wildman–Crippen LogP) is 1.28. The number of likely N-dealkylation sites (N-methyl/N-ethyl adjacent to an activating group) is 1. The second-order valence-corrected chi connectivity index (χ2v) is 5.22. The SMILES string of the molecule is CC(C)n1cc(C(C#N)N2CCN(C)CC2)cn1. The summed E-state index contributed by atoms with van der Waals surface area (Å²) >= 11 is 0. The molecule has 1 saturated heterocycles. The highest BCUT2D eigenvalue weighted by Gasteiger charge is 2.24. The summed E-state index contributed by atoms with van der Waals surface area (Å²) in [7, 11) is 2.12. The normalized spacial score (nSPS) is 19.9. The van der Waals surface area contributed by atoms with Crippen LogP contribution in [0.4, 0.5) is 0 Å². The van der Waals surface area contributed by atoms with E-state index < -0.39 is 0 Å². The van der Waals surface area contributed by atoms with Crippen LogP contribution in [0.25, 0.3) is 0 Å². The Morgan fingerprint density at radius 1 is 1.28 bits per heavy atom. The van der Waals surface area contributed by atoms with Crippen LogP contribution in [0.15, 0.2) is 12.4 Å². The molecule has 0 amide bonds. The molecule has 0 spiro atoms. The topological polar surface area (TPSA) is 48.1 Å². The van der Waals surface area contributed by atoms with E-state index in [1.807, 2.05) is 17.1 Å². The molecule has 1 fully saturated rings. The van der Waals surface area contributed by atoms with Crippen LogP contribution in [0.1, 0.15) is 31.5 Å². The highest BCUT2D eigenvalue weighted by Crippen LogP contribution is 2.21. The Morgan fingerprint density at radius 2 is 1.94 bits per heavy atom. The first-order valence-corrected chi connectivity index (χ1v) is 6.48. The lowest BCUT2D eigenvalue weighted by atomic mass is 10.1. The second kappa shape index (κ2) is 5.51. The number of aromatic nitrogens is 2. The van der Waals surface area contributed by atoms with E-state index in [9.17, 15) is 5.26 Å². The van der Waals surface area contributed by atoms with Crippen molar-refractivity contribution in [3.8, 4) is 6.07 Å². The van der Waals surface area contributed by atoms with E-state index in [-0.39, 0.29) is 6.04 Å². The highest BCUT2D eigenvalue weighted by molar-refractivity contribution is 5.18. The van der Waals surface area contributed by atoms with Crippen molar-refractivity contribution in [1.29, 1.82) is 5.26 Å². The van der Waals surface area contributed by atoms with Crippen LogP contribution in [-0.4, -0.2) is 52.8 Å². The molecule has 0 saturated carbocycles. The van der Waals surface area contributed by atoms with Crippen molar-refractivity contribution in [2.45, 2.75) is 25.9 Å². The minimum Gasteiger partial charge on any atom is -0.304 e. The van der Waals surface area contributed by atoms with Gasteiger partial charge in [-0.25, -0.2) is 0 Å². The molecule has 1 unspecified atom stereocenters. The Balaban J connectivity index is 2.10. The lowest BCUT2D eigenvalue weighted by Crippen LogP contribution is -2.45. The summed E-state index contributed by atoms with van der Waals surface area (Å²) < 4.78 is 1.91. The third kappa shape index (κ3) is 2.71. The first-order valence-electron chi connectivity index (χ1n) is 6.48. The summed E-state index contributed by atoms with van der Waals surface area (Å²) in [6.45, 7) is 8.12. The minimum absolute atomic E-state index is 0.161. The maximum atomic E-state index is 9.40. The molecule has 1 aromatic heterocycles. The molecule has 0 aromatic carbocycles. The number of hydrogen-bond donors (Lipinski definition) is 0. The Morgan fingerprint density at radius 3 is 2.44 bits per heavy atom. The van der Waals surface area contributed by atoms with Crippen molar-refractivity contribution >= 4 is 0 Å². The zero-order valence-corrected chi connectivity index (χ0v) is 11.4. The van der Waals surface area contributed by atoms with E-state index in [0.717, 1.165) is 31.7 Å². The Hall–Kier alpha value is -1.38. The number of nitrogens with zero attached hydrogens (tertiary/aromatic N) is 5. The second-order valence-electron chi connectivity index (χ2n) is 5.22. The zero-order chi connectivity index (χ0) is 13.1. The van der Waals surface area contributed by atoms with Gasteiger partial charge in [0.15, 0.2) is 0 Å². The molecule has 1 atom stereocenters. The lowest BCUT2D eigenvalue weighted by Gasteiger charge is -2.34. The van der Waals surface area contributed by atoms with Crippen molar-refractivity contribution in [2.75, 3.05) is 33.2 Å². The van der Waals surface area contributed by atoms with Gasteiger partial charge >= 0.3 is 0 Å². The van der Waals surface area contributed by atoms with Gasteiger partial charge in [-0.05, 0) is 20.9 Å². The van der Waals surface area contributed by atoms with Crippen LogP contribution < -0.4 is 0 Å².